The highest BCUT2D eigenvalue weighted by Crippen LogP contribution is 2.42. The van der Waals surface area contributed by atoms with Gasteiger partial charge in [0.05, 0.1) is 30.4 Å². The molecular weight excluding hydrogens is 428 g/mol. The van der Waals surface area contributed by atoms with Crippen LogP contribution in [0.2, 0.25) is 0 Å². The number of anilines is 1. The summed E-state index contributed by atoms with van der Waals surface area (Å²) in [7, 11) is 1.58. The summed E-state index contributed by atoms with van der Waals surface area (Å²) in [5.41, 5.74) is 1.95. The van der Waals surface area contributed by atoms with Gasteiger partial charge >= 0.3 is 5.97 Å². The van der Waals surface area contributed by atoms with Crippen LogP contribution >= 0.6 is 15.9 Å². The predicted octanol–water partition coefficient (Wildman–Crippen LogP) is 3.69. The molecule has 1 aliphatic rings. The van der Waals surface area contributed by atoms with Gasteiger partial charge in [-0.1, -0.05) is 6.92 Å². The third-order valence-corrected chi connectivity index (χ3v) is 4.90. The molecule has 8 nitrogen and oxygen atoms in total. The zero-order chi connectivity index (χ0) is 20.3. The van der Waals surface area contributed by atoms with Gasteiger partial charge in [-0.15, -0.1) is 0 Å². The van der Waals surface area contributed by atoms with Crippen molar-refractivity contribution in [1.29, 1.82) is 0 Å². The molecule has 0 radical (unpaired) electrons. The van der Waals surface area contributed by atoms with Gasteiger partial charge in [0.2, 0.25) is 5.95 Å². The minimum atomic E-state index is -0.510. The van der Waals surface area contributed by atoms with E-state index >= 15 is 0 Å². The number of rotatable bonds is 7. The Morgan fingerprint density at radius 2 is 2.14 bits per heavy atom. The molecule has 1 aromatic heterocycles. The van der Waals surface area contributed by atoms with Crippen LogP contribution in [0.3, 0.4) is 0 Å². The molecule has 0 bridgehead atoms. The average Bonchev–Trinajstić information content (AvgIpc) is 3.14. The number of benzene rings is 1. The number of aromatic nitrogens is 3. The largest absolute Gasteiger partial charge is 0.493 e. The van der Waals surface area contributed by atoms with Crippen molar-refractivity contribution in [1.82, 2.24) is 14.8 Å². The number of esters is 1. The predicted molar refractivity (Wildman–Crippen MR) is 108 cm³/mol. The number of carbonyl (C=O) groups excluding carboxylic acids is 1. The second-order valence-corrected chi connectivity index (χ2v) is 7.05. The molecule has 1 unspecified atom stereocenters. The summed E-state index contributed by atoms with van der Waals surface area (Å²) in [5, 5.41) is 7.44. The maximum Gasteiger partial charge on any atom is 0.338 e. The Hall–Kier alpha value is -2.55. The number of halogens is 1. The van der Waals surface area contributed by atoms with Gasteiger partial charge in [-0.3, -0.25) is 0 Å². The summed E-state index contributed by atoms with van der Waals surface area (Å²) in [6, 6.07) is 3.23. The van der Waals surface area contributed by atoms with Crippen LogP contribution in [-0.2, 0) is 9.53 Å². The molecule has 1 atom stereocenters. The van der Waals surface area contributed by atoms with E-state index in [1.807, 2.05) is 32.9 Å². The van der Waals surface area contributed by atoms with E-state index in [4.69, 9.17) is 14.2 Å². The van der Waals surface area contributed by atoms with Crippen molar-refractivity contribution in [3.8, 4) is 11.5 Å². The van der Waals surface area contributed by atoms with Crippen molar-refractivity contribution >= 4 is 27.8 Å². The van der Waals surface area contributed by atoms with Crippen LogP contribution in [-0.4, -0.2) is 41.1 Å². The molecule has 9 heteroatoms. The first-order valence-corrected chi connectivity index (χ1v) is 9.85. The highest BCUT2D eigenvalue weighted by atomic mass is 79.9. The fraction of sp³-hybridized carbons (Fsp3) is 0.421. The third kappa shape index (κ3) is 3.71. The van der Waals surface area contributed by atoms with Gasteiger partial charge in [0.25, 0.3) is 0 Å². The molecule has 1 N–H and O–H groups in total. The van der Waals surface area contributed by atoms with E-state index < -0.39 is 6.04 Å². The van der Waals surface area contributed by atoms with Crippen molar-refractivity contribution in [2.45, 2.75) is 33.2 Å². The molecule has 0 fully saturated rings. The number of allylic oxidation sites excluding steroid dienone is 1. The topological polar surface area (TPSA) is 87.5 Å². The molecule has 0 spiro atoms. The van der Waals surface area contributed by atoms with Crippen LogP contribution in [0.1, 0.15) is 38.8 Å². The zero-order valence-electron chi connectivity index (χ0n) is 16.3. The molecule has 0 saturated carbocycles. The number of methoxy groups -OCH3 is 1. The van der Waals surface area contributed by atoms with E-state index in [1.165, 1.54) is 6.33 Å². The van der Waals surface area contributed by atoms with E-state index in [0.29, 0.717) is 41.9 Å². The molecular formula is C19H23BrN4O4. The number of hydrogen-bond acceptors (Lipinski definition) is 7. The van der Waals surface area contributed by atoms with Crippen molar-refractivity contribution in [3.05, 3.63) is 39.8 Å². The van der Waals surface area contributed by atoms with Crippen molar-refractivity contribution in [3.63, 3.8) is 0 Å². The van der Waals surface area contributed by atoms with E-state index in [2.05, 4.69) is 31.3 Å². The van der Waals surface area contributed by atoms with Crippen molar-refractivity contribution < 1.29 is 19.0 Å². The molecule has 0 aliphatic carbocycles. The SMILES string of the molecule is CCCOC(=O)C1=C(C)Nc2ncnn2C1c1cc(Br)c(OCC)c(OC)c1. The van der Waals surface area contributed by atoms with Gasteiger partial charge in [0, 0.05) is 5.70 Å². The van der Waals surface area contributed by atoms with E-state index in [1.54, 1.807) is 11.8 Å². The first-order chi connectivity index (χ1) is 13.5. The second-order valence-electron chi connectivity index (χ2n) is 6.20. The normalized spacial score (nSPS) is 15.7. The van der Waals surface area contributed by atoms with Crippen molar-refractivity contribution in [2.24, 2.45) is 0 Å². The number of hydrogen-bond donors (Lipinski definition) is 1. The maximum atomic E-state index is 12.8. The molecule has 0 saturated heterocycles. The highest BCUT2D eigenvalue weighted by molar-refractivity contribution is 9.10. The standard InChI is InChI=1S/C19H23BrN4O4/c1-5-7-28-18(25)15-11(3)23-19-21-10-22-24(19)16(15)12-8-13(20)17(27-6-2)14(9-12)26-4/h8-10,16H,5-7H2,1-4H3,(H,21,22,23). The van der Waals surface area contributed by atoms with E-state index in [0.717, 1.165) is 16.5 Å². The van der Waals surface area contributed by atoms with Gasteiger partial charge in [-0.2, -0.15) is 10.1 Å². The number of fused-ring (bicyclic) bond motifs is 1. The Labute approximate surface area is 172 Å². The minimum absolute atomic E-state index is 0.350. The molecule has 1 aromatic carbocycles. The number of nitrogens with zero attached hydrogens (tertiary/aromatic N) is 3. The quantitative estimate of drug-likeness (QED) is 0.643. The summed E-state index contributed by atoms with van der Waals surface area (Å²) in [5.74, 6) is 1.34. The lowest BCUT2D eigenvalue weighted by molar-refractivity contribution is -0.139. The van der Waals surface area contributed by atoms with Gasteiger partial charge in [-0.25, -0.2) is 9.48 Å². The second kappa shape index (κ2) is 8.64. The van der Waals surface area contributed by atoms with Gasteiger partial charge in [0.15, 0.2) is 11.5 Å². The molecule has 3 rings (SSSR count). The summed E-state index contributed by atoms with van der Waals surface area (Å²) < 4.78 is 19.0. The zero-order valence-corrected chi connectivity index (χ0v) is 17.9. The summed E-state index contributed by atoms with van der Waals surface area (Å²) in [4.78, 5) is 17.1. The maximum absolute atomic E-state index is 12.8. The Kier molecular flexibility index (Phi) is 6.23. The number of ether oxygens (including phenoxy) is 3. The van der Waals surface area contributed by atoms with Crippen LogP contribution in [0.25, 0.3) is 0 Å². The lowest BCUT2D eigenvalue weighted by Gasteiger charge is -2.28. The van der Waals surface area contributed by atoms with Crippen LogP contribution in [0.4, 0.5) is 5.95 Å². The van der Waals surface area contributed by atoms with E-state index in [-0.39, 0.29) is 5.97 Å². The Morgan fingerprint density at radius 3 is 2.82 bits per heavy atom. The van der Waals surface area contributed by atoms with Crippen LogP contribution in [0, 0.1) is 0 Å². The highest BCUT2D eigenvalue weighted by Gasteiger charge is 2.35. The summed E-state index contributed by atoms with van der Waals surface area (Å²) in [6.45, 7) is 6.54. The lowest BCUT2D eigenvalue weighted by Crippen LogP contribution is -2.29. The van der Waals surface area contributed by atoms with E-state index in [9.17, 15) is 4.79 Å². The Morgan fingerprint density at radius 1 is 1.36 bits per heavy atom. The Bertz CT molecular complexity index is 909. The first kappa shape index (κ1) is 20.2. The molecule has 28 heavy (non-hydrogen) atoms. The fourth-order valence-corrected chi connectivity index (χ4v) is 3.69. The first-order valence-electron chi connectivity index (χ1n) is 9.06. The molecule has 0 amide bonds. The van der Waals surface area contributed by atoms with Crippen LogP contribution < -0.4 is 14.8 Å². The summed E-state index contributed by atoms with van der Waals surface area (Å²) in [6.07, 6.45) is 2.19. The van der Waals surface area contributed by atoms with Gasteiger partial charge < -0.3 is 19.5 Å². The minimum Gasteiger partial charge on any atom is -0.493 e. The molecule has 2 heterocycles. The molecule has 1 aliphatic heterocycles. The fourth-order valence-electron chi connectivity index (χ4n) is 3.12. The summed E-state index contributed by atoms with van der Waals surface area (Å²) >= 11 is 3.55. The Balaban J connectivity index is 2.14. The number of carbonyl (C=O) groups is 1. The molecule has 2 aromatic rings. The van der Waals surface area contributed by atoms with Gasteiger partial charge in [-0.05, 0) is 53.9 Å². The van der Waals surface area contributed by atoms with Gasteiger partial charge in [0.1, 0.15) is 12.4 Å². The van der Waals surface area contributed by atoms with Crippen LogP contribution in [0.5, 0.6) is 11.5 Å². The van der Waals surface area contributed by atoms with Crippen molar-refractivity contribution in [2.75, 3.05) is 25.6 Å². The average molecular weight is 451 g/mol. The molecule has 150 valence electrons. The monoisotopic (exact) mass is 450 g/mol. The third-order valence-electron chi connectivity index (χ3n) is 4.31. The smallest absolute Gasteiger partial charge is 0.338 e. The number of nitrogens with one attached hydrogen (secondary N) is 1. The van der Waals surface area contributed by atoms with Crippen LogP contribution in [0.15, 0.2) is 34.2 Å². The lowest BCUT2D eigenvalue weighted by atomic mass is 9.95.